The lowest BCUT2D eigenvalue weighted by atomic mass is 10.2. The lowest BCUT2D eigenvalue weighted by molar-refractivity contribution is -0.121. The van der Waals surface area contributed by atoms with E-state index in [4.69, 9.17) is 4.42 Å². The predicted molar refractivity (Wildman–Crippen MR) is 80.5 cm³/mol. The molecule has 0 spiro atoms. The molecular formula is C17H19FN2O2. The molecule has 0 saturated heterocycles. The van der Waals surface area contributed by atoms with Crippen molar-refractivity contribution in [1.29, 1.82) is 0 Å². The van der Waals surface area contributed by atoms with E-state index in [2.05, 4.69) is 17.2 Å². The molecule has 1 heterocycles. The maximum atomic E-state index is 12.9. The number of rotatable bonds is 6. The topological polar surface area (TPSA) is 55.1 Å². The lowest BCUT2D eigenvalue weighted by Crippen LogP contribution is -2.26. The Bertz CT molecular complexity index is 651. The van der Waals surface area contributed by atoms with Crippen LogP contribution in [0.2, 0.25) is 0 Å². The first-order valence-corrected chi connectivity index (χ1v) is 7.65. The summed E-state index contributed by atoms with van der Waals surface area (Å²) in [7, 11) is 0. The molecular weight excluding hydrogens is 283 g/mol. The summed E-state index contributed by atoms with van der Waals surface area (Å²) in [4.78, 5) is 16.0. The second kappa shape index (κ2) is 6.30. The summed E-state index contributed by atoms with van der Waals surface area (Å²) in [5.74, 6) is 1.52. The first-order chi connectivity index (χ1) is 10.7. The van der Waals surface area contributed by atoms with Crippen molar-refractivity contribution in [2.45, 2.75) is 38.6 Å². The number of aromatic nitrogens is 1. The molecule has 1 aromatic heterocycles. The highest BCUT2D eigenvalue weighted by atomic mass is 19.1. The van der Waals surface area contributed by atoms with Crippen molar-refractivity contribution in [3.8, 4) is 11.3 Å². The molecule has 0 aliphatic heterocycles. The maximum Gasteiger partial charge on any atom is 0.220 e. The van der Waals surface area contributed by atoms with Gasteiger partial charge in [-0.15, -0.1) is 0 Å². The minimum atomic E-state index is -0.286. The van der Waals surface area contributed by atoms with Gasteiger partial charge in [-0.2, -0.15) is 0 Å². The van der Waals surface area contributed by atoms with Gasteiger partial charge in [-0.1, -0.05) is 13.3 Å². The van der Waals surface area contributed by atoms with E-state index < -0.39 is 0 Å². The Hall–Kier alpha value is -2.17. The van der Waals surface area contributed by atoms with Crippen LogP contribution >= 0.6 is 0 Å². The fraction of sp³-hybridized carbons (Fsp3) is 0.412. The fourth-order valence-electron chi connectivity index (χ4n) is 2.55. The zero-order valence-corrected chi connectivity index (χ0v) is 12.5. The summed E-state index contributed by atoms with van der Waals surface area (Å²) in [6, 6.07) is 6.40. The Kier molecular flexibility index (Phi) is 4.22. The van der Waals surface area contributed by atoms with Crippen LogP contribution in [-0.2, 0) is 11.2 Å². The zero-order valence-electron chi connectivity index (χ0n) is 12.5. The molecule has 1 aromatic carbocycles. The number of nitrogens with zero attached hydrogens (tertiary/aromatic N) is 1. The average Bonchev–Trinajstić information content (AvgIpc) is 3.09. The van der Waals surface area contributed by atoms with E-state index in [0.717, 1.165) is 18.4 Å². The molecule has 1 aliphatic rings. The van der Waals surface area contributed by atoms with Gasteiger partial charge in [0.2, 0.25) is 5.91 Å². The van der Waals surface area contributed by atoms with Crippen molar-refractivity contribution in [3.05, 3.63) is 42.2 Å². The Labute approximate surface area is 128 Å². The molecule has 2 atom stereocenters. The minimum Gasteiger partial charge on any atom is -0.441 e. The summed E-state index contributed by atoms with van der Waals surface area (Å²) in [5, 5.41) is 3.02. The van der Waals surface area contributed by atoms with Gasteiger partial charge < -0.3 is 9.73 Å². The highest BCUT2D eigenvalue weighted by Gasteiger charge is 2.36. The molecule has 2 aromatic rings. The lowest BCUT2D eigenvalue weighted by Gasteiger charge is -2.02. The molecule has 0 unspecified atom stereocenters. The summed E-state index contributed by atoms with van der Waals surface area (Å²) in [5.41, 5.74) is 0.772. The van der Waals surface area contributed by atoms with Gasteiger partial charge in [0, 0.05) is 24.4 Å². The van der Waals surface area contributed by atoms with Gasteiger partial charge in [-0.3, -0.25) is 4.79 Å². The van der Waals surface area contributed by atoms with Crippen LogP contribution in [0.5, 0.6) is 0 Å². The Morgan fingerprint density at radius 2 is 2.18 bits per heavy atom. The third-order valence-corrected chi connectivity index (χ3v) is 4.04. The van der Waals surface area contributed by atoms with Crippen LogP contribution in [0.1, 0.15) is 32.1 Å². The number of hydrogen-bond donors (Lipinski definition) is 1. The van der Waals surface area contributed by atoms with Crippen LogP contribution in [0.15, 0.2) is 34.9 Å². The van der Waals surface area contributed by atoms with E-state index in [1.165, 1.54) is 12.1 Å². The molecule has 1 aliphatic carbocycles. The molecule has 116 valence electrons. The Morgan fingerprint density at radius 3 is 2.86 bits per heavy atom. The molecule has 0 radical (unpaired) electrons. The number of nitrogens with one attached hydrogen (secondary N) is 1. The van der Waals surface area contributed by atoms with Crippen LogP contribution in [0.4, 0.5) is 4.39 Å². The van der Waals surface area contributed by atoms with Crippen molar-refractivity contribution in [2.24, 2.45) is 5.92 Å². The van der Waals surface area contributed by atoms with Crippen LogP contribution in [0, 0.1) is 11.7 Å². The Balaban J connectivity index is 1.51. The maximum absolute atomic E-state index is 12.9. The molecule has 3 rings (SSSR count). The van der Waals surface area contributed by atoms with E-state index in [9.17, 15) is 9.18 Å². The van der Waals surface area contributed by atoms with Gasteiger partial charge in [0.1, 0.15) is 5.82 Å². The second-order valence-electron chi connectivity index (χ2n) is 5.70. The third-order valence-electron chi connectivity index (χ3n) is 4.04. The van der Waals surface area contributed by atoms with Gasteiger partial charge in [0.05, 0.1) is 6.20 Å². The van der Waals surface area contributed by atoms with Crippen LogP contribution < -0.4 is 5.32 Å². The van der Waals surface area contributed by atoms with E-state index in [1.54, 1.807) is 18.3 Å². The fourth-order valence-corrected chi connectivity index (χ4v) is 2.55. The van der Waals surface area contributed by atoms with Crippen molar-refractivity contribution >= 4 is 5.91 Å². The number of benzene rings is 1. The number of aryl methyl sites for hydroxylation is 1. The molecule has 22 heavy (non-hydrogen) atoms. The number of carbonyl (C=O) groups is 1. The summed E-state index contributed by atoms with van der Waals surface area (Å²) >= 11 is 0. The monoisotopic (exact) mass is 302 g/mol. The molecule has 5 heteroatoms. The predicted octanol–water partition coefficient (Wildman–Crippen LogP) is 3.33. The largest absolute Gasteiger partial charge is 0.441 e. The third kappa shape index (κ3) is 3.53. The molecule has 1 saturated carbocycles. The quantitative estimate of drug-likeness (QED) is 0.890. The number of amides is 1. The second-order valence-corrected chi connectivity index (χ2v) is 5.70. The first-order valence-electron chi connectivity index (χ1n) is 7.65. The smallest absolute Gasteiger partial charge is 0.220 e. The first kappa shape index (κ1) is 14.8. The number of hydrogen-bond acceptors (Lipinski definition) is 3. The molecule has 1 N–H and O–H groups in total. The van der Waals surface area contributed by atoms with Gasteiger partial charge in [0.25, 0.3) is 0 Å². The highest BCUT2D eigenvalue weighted by molar-refractivity contribution is 5.76. The standard InChI is InChI=1S/C17H19FN2O2/c1-2-11-9-14(11)20-16(21)7-8-17-19-10-15(22-17)12-3-5-13(18)6-4-12/h3-6,10-11,14H,2,7-9H2,1H3,(H,20,21)/t11-,14-/m1/s1. The summed E-state index contributed by atoms with van der Waals surface area (Å²) in [6.45, 7) is 2.14. The van der Waals surface area contributed by atoms with Crippen LogP contribution in [-0.4, -0.2) is 16.9 Å². The number of carbonyl (C=O) groups excluding carboxylic acids is 1. The van der Waals surface area contributed by atoms with Gasteiger partial charge in [-0.25, -0.2) is 9.37 Å². The Morgan fingerprint density at radius 1 is 1.41 bits per heavy atom. The zero-order chi connectivity index (χ0) is 15.5. The molecule has 1 amide bonds. The van der Waals surface area contributed by atoms with Crippen molar-refractivity contribution in [3.63, 3.8) is 0 Å². The van der Waals surface area contributed by atoms with Gasteiger partial charge in [0.15, 0.2) is 11.7 Å². The normalized spacial score (nSPS) is 19.9. The van der Waals surface area contributed by atoms with Crippen LogP contribution in [0.25, 0.3) is 11.3 Å². The van der Waals surface area contributed by atoms with E-state index in [1.807, 2.05) is 0 Å². The summed E-state index contributed by atoms with van der Waals surface area (Å²) in [6.07, 6.45) is 4.66. The van der Waals surface area contributed by atoms with E-state index in [-0.39, 0.29) is 11.7 Å². The molecule has 1 fully saturated rings. The average molecular weight is 302 g/mol. The molecule has 4 nitrogen and oxygen atoms in total. The minimum absolute atomic E-state index is 0.0440. The van der Waals surface area contributed by atoms with Gasteiger partial charge in [-0.05, 0) is 36.6 Å². The van der Waals surface area contributed by atoms with Gasteiger partial charge >= 0.3 is 0 Å². The number of halogens is 1. The van der Waals surface area contributed by atoms with Crippen molar-refractivity contribution < 1.29 is 13.6 Å². The van der Waals surface area contributed by atoms with Crippen molar-refractivity contribution in [1.82, 2.24) is 10.3 Å². The highest BCUT2D eigenvalue weighted by Crippen LogP contribution is 2.33. The van der Waals surface area contributed by atoms with Crippen LogP contribution in [0.3, 0.4) is 0 Å². The van der Waals surface area contributed by atoms with E-state index in [0.29, 0.717) is 36.5 Å². The number of oxazole rings is 1. The van der Waals surface area contributed by atoms with Crippen molar-refractivity contribution in [2.75, 3.05) is 0 Å². The molecule has 0 bridgehead atoms. The summed E-state index contributed by atoms with van der Waals surface area (Å²) < 4.78 is 18.5. The van der Waals surface area contributed by atoms with E-state index >= 15 is 0 Å². The SMILES string of the molecule is CC[C@@H]1C[C@H]1NC(=O)CCc1ncc(-c2ccc(F)cc2)o1.